The minimum atomic E-state index is -0.978. The fourth-order valence-corrected chi connectivity index (χ4v) is 3.07. The first-order chi connectivity index (χ1) is 7.41. The van der Waals surface area contributed by atoms with Gasteiger partial charge < -0.3 is 9.84 Å². The van der Waals surface area contributed by atoms with Gasteiger partial charge in [0.15, 0.2) is 5.78 Å². The third-order valence-electron chi connectivity index (χ3n) is 1.67. The number of carboxylic acid groups (broad SMARTS) is 1. The summed E-state index contributed by atoms with van der Waals surface area (Å²) in [6, 6.07) is 3.03. The Labute approximate surface area is 120 Å². The zero-order valence-corrected chi connectivity index (χ0v) is 12.6. The Morgan fingerprint density at radius 2 is 1.81 bits per heavy atom. The van der Waals surface area contributed by atoms with Crippen molar-refractivity contribution in [2.75, 3.05) is 6.61 Å². The van der Waals surface area contributed by atoms with Gasteiger partial charge in [-0.1, -0.05) is 0 Å². The summed E-state index contributed by atoms with van der Waals surface area (Å²) in [5, 5.41) is 8.84. The maximum atomic E-state index is 10.8. The van der Waals surface area contributed by atoms with Crippen molar-refractivity contribution in [1.29, 1.82) is 0 Å². The molecule has 0 saturated carbocycles. The van der Waals surface area contributed by atoms with E-state index in [-0.39, 0.29) is 18.0 Å². The Morgan fingerprint density at radius 3 is 2.19 bits per heavy atom. The largest absolute Gasteiger partial charge is 0.484 e. The highest BCUT2D eigenvalue weighted by Gasteiger charge is 2.12. The third-order valence-corrected chi connectivity index (χ3v) is 3.27. The number of halogens is 2. The molecule has 0 saturated heterocycles. The number of carboxylic acids is 1. The van der Waals surface area contributed by atoms with Gasteiger partial charge in [0, 0.05) is 0 Å². The standard InChI is InChI=1S/C10H8I2O4/c1-5(13)4-16-9-7(11)2-6(10(14)15)3-8(9)12/h2-3H,4H2,1H3,(H,14,15). The first-order valence-electron chi connectivity index (χ1n) is 4.26. The highest BCUT2D eigenvalue weighted by molar-refractivity contribution is 14.1. The molecule has 1 rings (SSSR count). The van der Waals surface area contributed by atoms with Gasteiger partial charge in [-0.3, -0.25) is 4.79 Å². The first kappa shape index (κ1) is 13.7. The van der Waals surface area contributed by atoms with E-state index in [9.17, 15) is 9.59 Å². The number of hydrogen-bond acceptors (Lipinski definition) is 3. The monoisotopic (exact) mass is 446 g/mol. The third kappa shape index (κ3) is 3.58. The number of carbonyl (C=O) groups excluding carboxylic acids is 1. The van der Waals surface area contributed by atoms with Crippen LogP contribution in [0.5, 0.6) is 5.75 Å². The van der Waals surface area contributed by atoms with Crippen LogP contribution in [0.4, 0.5) is 0 Å². The van der Waals surface area contributed by atoms with Crippen molar-refractivity contribution < 1.29 is 19.4 Å². The molecule has 0 aliphatic heterocycles. The van der Waals surface area contributed by atoms with Gasteiger partial charge in [0.05, 0.1) is 12.7 Å². The summed E-state index contributed by atoms with van der Waals surface area (Å²) in [4.78, 5) is 21.6. The lowest BCUT2D eigenvalue weighted by Gasteiger charge is -2.09. The average Bonchev–Trinajstić information content (AvgIpc) is 2.15. The average molecular weight is 446 g/mol. The van der Waals surface area contributed by atoms with Crippen molar-refractivity contribution in [3.63, 3.8) is 0 Å². The van der Waals surface area contributed by atoms with Gasteiger partial charge in [0.1, 0.15) is 12.4 Å². The van der Waals surface area contributed by atoms with Crippen LogP contribution >= 0.6 is 45.2 Å². The van der Waals surface area contributed by atoms with Crippen molar-refractivity contribution in [2.45, 2.75) is 6.92 Å². The summed E-state index contributed by atoms with van der Waals surface area (Å²) >= 11 is 3.97. The lowest BCUT2D eigenvalue weighted by molar-refractivity contribution is -0.118. The number of ether oxygens (including phenoxy) is 1. The van der Waals surface area contributed by atoms with Gasteiger partial charge in [-0.2, -0.15) is 0 Å². The molecule has 0 amide bonds. The zero-order valence-electron chi connectivity index (χ0n) is 8.29. The van der Waals surface area contributed by atoms with Crippen molar-refractivity contribution in [1.82, 2.24) is 0 Å². The van der Waals surface area contributed by atoms with Crippen LogP contribution in [-0.2, 0) is 4.79 Å². The summed E-state index contributed by atoms with van der Waals surface area (Å²) in [5.41, 5.74) is 0.212. The molecule has 16 heavy (non-hydrogen) atoms. The molecule has 0 fully saturated rings. The van der Waals surface area contributed by atoms with Crippen LogP contribution in [0, 0.1) is 7.14 Å². The summed E-state index contributed by atoms with van der Waals surface area (Å²) < 4.78 is 6.67. The van der Waals surface area contributed by atoms with E-state index in [1.165, 1.54) is 19.1 Å². The number of hydrogen-bond donors (Lipinski definition) is 1. The van der Waals surface area contributed by atoms with E-state index in [1.807, 2.05) is 45.2 Å². The van der Waals surface area contributed by atoms with Crippen LogP contribution < -0.4 is 4.74 Å². The Bertz CT molecular complexity index is 419. The highest BCUT2D eigenvalue weighted by Crippen LogP contribution is 2.28. The van der Waals surface area contributed by atoms with Crippen LogP contribution in [0.2, 0.25) is 0 Å². The van der Waals surface area contributed by atoms with Gasteiger partial charge in [0.25, 0.3) is 0 Å². The van der Waals surface area contributed by atoms with E-state index >= 15 is 0 Å². The van der Waals surface area contributed by atoms with Crippen molar-refractivity contribution in [3.05, 3.63) is 24.8 Å². The molecule has 1 aromatic rings. The second-order valence-electron chi connectivity index (χ2n) is 3.06. The fraction of sp³-hybridized carbons (Fsp3) is 0.200. The van der Waals surface area contributed by atoms with E-state index in [0.717, 1.165) is 0 Å². The van der Waals surface area contributed by atoms with Gasteiger partial charge in [-0.25, -0.2) is 4.79 Å². The summed E-state index contributed by atoms with van der Waals surface area (Å²) in [7, 11) is 0. The molecule has 0 unspecified atom stereocenters. The predicted octanol–water partition coefficient (Wildman–Crippen LogP) is 2.56. The molecule has 1 N–H and O–H groups in total. The smallest absolute Gasteiger partial charge is 0.335 e. The molecular formula is C10H8I2O4. The van der Waals surface area contributed by atoms with Crippen molar-refractivity contribution >= 4 is 56.9 Å². The summed E-state index contributed by atoms with van der Waals surface area (Å²) in [5.74, 6) is -0.496. The van der Waals surface area contributed by atoms with E-state index in [0.29, 0.717) is 12.9 Å². The molecule has 0 bridgehead atoms. The Kier molecular flexibility index (Phi) is 4.96. The van der Waals surface area contributed by atoms with Crippen LogP contribution in [0.1, 0.15) is 17.3 Å². The molecule has 0 atom stereocenters. The number of ketones is 1. The van der Waals surface area contributed by atoms with E-state index < -0.39 is 5.97 Å². The molecular weight excluding hydrogens is 438 g/mol. The maximum absolute atomic E-state index is 10.8. The minimum Gasteiger partial charge on any atom is -0.484 e. The minimum absolute atomic E-state index is 0.00157. The quantitative estimate of drug-likeness (QED) is 0.723. The van der Waals surface area contributed by atoms with Crippen LogP contribution in [-0.4, -0.2) is 23.5 Å². The Morgan fingerprint density at radius 1 is 1.31 bits per heavy atom. The number of rotatable bonds is 4. The van der Waals surface area contributed by atoms with Gasteiger partial charge >= 0.3 is 5.97 Å². The molecule has 4 nitrogen and oxygen atoms in total. The van der Waals surface area contributed by atoms with E-state index in [1.54, 1.807) is 0 Å². The van der Waals surface area contributed by atoms with Crippen LogP contribution in [0.3, 0.4) is 0 Å². The van der Waals surface area contributed by atoms with Gasteiger partial charge in [-0.15, -0.1) is 0 Å². The van der Waals surface area contributed by atoms with E-state index in [4.69, 9.17) is 9.84 Å². The maximum Gasteiger partial charge on any atom is 0.335 e. The van der Waals surface area contributed by atoms with E-state index in [2.05, 4.69) is 0 Å². The molecule has 0 aliphatic rings. The fourth-order valence-electron chi connectivity index (χ4n) is 0.995. The zero-order chi connectivity index (χ0) is 12.3. The number of carbonyl (C=O) groups is 2. The second-order valence-corrected chi connectivity index (χ2v) is 5.39. The summed E-state index contributed by atoms with van der Waals surface area (Å²) in [6.45, 7) is 1.43. The van der Waals surface area contributed by atoms with Gasteiger partial charge in [0.2, 0.25) is 0 Å². The molecule has 0 heterocycles. The van der Waals surface area contributed by atoms with Crippen molar-refractivity contribution in [3.8, 4) is 5.75 Å². The molecule has 0 aromatic heterocycles. The lowest BCUT2D eigenvalue weighted by Crippen LogP contribution is -2.09. The van der Waals surface area contributed by atoms with Gasteiger partial charge in [-0.05, 0) is 64.2 Å². The topological polar surface area (TPSA) is 63.6 Å². The summed E-state index contributed by atoms with van der Waals surface area (Å²) in [6.07, 6.45) is 0. The molecule has 86 valence electrons. The Balaban J connectivity index is 3.03. The highest BCUT2D eigenvalue weighted by atomic mass is 127. The number of aromatic carboxylic acids is 1. The molecule has 6 heteroatoms. The molecule has 1 aromatic carbocycles. The molecule has 0 aliphatic carbocycles. The SMILES string of the molecule is CC(=O)COc1c(I)cc(C(=O)O)cc1I. The molecule has 0 spiro atoms. The van der Waals surface area contributed by atoms with Crippen LogP contribution in [0.15, 0.2) is 12.1 Å². The first-order valence-corrected chi connectivity index (χ1v) is 6.42. The Hall–Kier alpha value is -0.380. The molecule has 0 radical (unpaired) electrons. The normalized spacial score (nSPS) is 9.94. The lowest BCUT2D eigenvalue weighted by atomic mass is 10.2. The van der Waals surface area contributed by atoms with Crippen LogP contribution in [0.25, 0.3) is 0 Å². The van der Waals surface area contributed by atoms with Crippen molar-refractivity contribution in [2.24, 2.45) is 0 Å². The predicted molar refractivity (Wildman–Crippen MR) is 75.0 cm³/mol. The number of Topliss-reactive ketones (excluding diaryl/α,β-unsaturated/α-hetero) is 1. The number of benzene rings is 1. The second kappa shape index (κ2) is 5.80.